The highest BCUT2D eigenvalue weighted by Crippen LogP contribution is 2.36. The third-order valence-electron chi connectivity index (χ3n) is 6.36. The maximum absolute atomic E-state index is 12.4. The fraction of sp³-hybridized carbons (Fsp3) is 0.375. The molecule has 10 heteroatoms. The predicted octanol–water partition coefficient (Wildman–Crippen LogP) is 6.58. The van der Waals surface area contributed by atoms with Crippen molar-refractivity contribution in [3.8, 4) is 5.88 Å². The van der Waals surface area contributed by atoms with Crippen molar-refractivity contribution in [2.75, 3.05) is 49.8 Å². The van der Waals surface area contributed by atoms with E-state index in [1.54, 1.807) is 12.3 Å². The molecule has 0 spiro atoms. The number of pyridine rings is 1. The van der Waals surface area contributed by atoms with Gasteiger partial charge in [-0.2, -0.15) is 4.98 Å². The number of halogens is 1. The number of aryl methyl sites for hydroxylation is 1. The van der Waals surface area contributed by atoms with Gasteiger partial charge in [-0.25, -0.2) is 9.97 Å². The van der Waals surface area contributed by atoms with E-state index in [9.17, 15) is 4.79 Å². The number of amides is 1. The Bertz CT molecular complexity index is 1420. The molecule has 2 aromatic heterocycles. The van der Waals surface area contributed by atoms with Crippen LogP contribution < -0.4 is 20.3 Å². The van der Waals surface area contributed by atoms with Crippen molar-refractivity contribution in [3.05, 3.63) is 77.1 Å². The monoisotopic (exact) mass is 591 g/mol. The van der Waals surface area contributed by atoms with Crippen molar-refractivity contribution in [2.45, 2.75) is 46.6 Å². The van der Waals surface area contributed by atoms with Gasteiger partial charge in [0.1, 0.15) is 5.69 Å². The average molecular weight is 592 g/mol. The van der Waals surface area contributed by atoms with Gasteiger partial charge in [0, 0.05) is 25.7 Å². The maximum Gasteiger partial charge on any atom is 0.247 e. The summed E-state index contributed by atoms with van der Waals surface area (Å²) in [6, 6.07) is 10.1. The van der Waals surface area contributed by atoms with Gasteiger partial charge in [0.15, 0.2) is 5.82 Å². The summed E-state index contributed by atoms with van der Waals surface area (Å²) in [5.74, 6) is 0.880. The predicted molar refractivity (Wildman–Crippen MR) is 174 cm³/mol. The molecule has 0 aliphatic rings. The Hall–Kier alpha value is -3.95. The number of rotatable bonds is 14. The number of hydrogen-bond donors (Lipinski definition) is 2. The summed E-state index contributed by atoms with van der Waals surface area (Å²) in [6.45, 7) is 13.1. The molecular formula is C32H42ClN7O2. The molecular weight excluding hydrogens is 550 g/mol. The van der Waals surface area contributed by atoms with Crippen LogP contribution in [0.3, 0.4) is 0 Å². The summed E-state index contributed by atoms with van der Waals surface area (Å²) < 4.78 is 6.12. The zero-order valence-electron chi connectivity index (χ0n) is 25.7. The number of carbonyl (C=O) groups excluding carboxylic acids is 1. The van der Waals surface area contributed by atoms with Crippen molar-refractivity contribution < 1.29 is 9.53 Å². The Morgan fingerprint density at radius 3 is 2.52 bits per heavy atom. The number of carbonyl (C=O) groups is 1. The van der Waals surface area contributed by atoms with E-state index in [2.05, 4.69) is 46.2 Å². The first-order chi connectivity index (χ1) is 20.1. The largest absolute Gasteiger partial charge is 0.473 e. The summed E-state index contributed by atoms with van der Waals surface area (Å²) in [7, 11) is 5.93. The summed E-state index contributed by atoms with van der Waals surface area (Å²) in [6.07, 6.45) is 6.63. The van der Waals surface area contributed by atoms with Crippen LogP contribution in [-0.2, 0) is 11.2 Å². The molecule has 0 fully saturated rings. The van der Waals surface area contributed by atoms with Crippen LogP contribution in [0.2, 0.25) is 5.02 Å². The zero-order chi connectivity index (χ0) is 30.8. The van der Waals surface area contributed by atoms with Gasteiger partial charge in [-0.15, -0.1) is 0 Å². The van der Waals surface area contributed by atoms with Gasteiger partial charge in [-0.1, -0.05) is 61.9 Å². The highest BCUT2D eigenvalue weighted by atomic mass is 35.5. The third kappa shape index (κ3) is 8.53. The lowest BCUT2D eigenvalue weighted by molar-refractivity contribution is -0.111. The van der Waals surface area contributed by atoms with E-state index in [0.717, 1.165) is 30.5 Å². The standard InChI is InChI=1S/C32H42ClN7O2/c1-9-14-22-15-12-13-16-24(22)23(10-2)29-25(33)20-34-32(37-29)36-27-19-26(35-28(41)11-3)30(38-31(27)42-21(4)5)40(8)18-17-39(6)7/h10-13,15-16,19-21H,3,9,14,17-18H2,1-2,4-8H3,(H,35,41)(H,34,36,37)/b23-10+. The molecule has 1 amide bonds. The van der Waals surface area contributed by atoms with E-state index in [4.69, 9.17) is 26.3 Å². The van der Waals surface area contributed by atoms with Crippen LogP contribution in [0.4, 0.5) is 23.1 Å². The number of benzene rings is 1. The topological polar surface area (TPSA) is 95.5 Å². The molecule has 9 nitrogen and oxygen atoms in total. The first-order valence-electron chi connectivity index (χ1n) is 14.1. The lowest BCUT2D eigenvalue weighted by Crippen LogP contribution is -2.30. The molecule has 0 aliphatic heterocycles. The quantitative estimate of drug-likeness (QED) is 0.203. The van der Waals surface area contributed by atoms with Crippen LogP contribution in [-0.4, -0.2) is 66.1 Å². The van der Waals surface area contributed by atoms with Gasteiger partial charge in [0.25, 0.3) is 0 Å². The molecule has 224 valence electrons. The van der Waals surface area contributed by atoms with Gasteiger partial charge in [-0.05, 0) is 64.6 Å². The lowest BCUT2D eigenvalue weighted by Gasteiger charge is -2.25. The van der Waals surface area contributed by atoms with Gasteiger partial charge < -0.3 is 25.2 Å². The van der Waals surface area contributed by atoms with Crippen molar-refractivity contribution in [1.29, 1.82) is 0 Å². The van der Waals surface area contributed by atoms with Crippen molar-refractivity contribution in [2.24, 2.45) is 0 Å². The van der Waals surface area contributed by atoms with Gasteiger partial charge in [-0.3, -0.25) is 4.79 Å². The highest BCUT2D eigenvalue weighted by molar-refractivity contribution is 6.32. The van der Waals surface area contributed by atoms with Crippen LogP contribution in [0.25, 0.3) is 5.57 Å². The second kappa shape index (κ2) is 15.3. The SMILES string of the molecule is C=CC(=O)Nc1cc(Nc2ncc(Cl)c(/C(=C/C)c3ccccc3CCC)n2)c(OC(C)C)nc1N(C)CCN(C)C. The van der Waals surface area contributed by atoms with Crippen molar-refractivity contribution >= 4 is 46.2 Å². The van der Waals surface area contributed by atoms with Gasteiger partial charge >= 0.3 is 0 Å². The van der Waals surface area contributed by atoms with Crippen LogP contribution >= 0.6 is 11.6 Å². The number of ether oxygens (including phenoxy) is 1. The Labute approximate surface area is 254 Å². The van der Waals surface area contributed by atoms with Crippen LogP contribution in [0.15, 0.2) is 55.3 Å². The summed E-state index contributed by atoms with van der Waals surface area (Å²) in [5, 5.41) is 6.58. The molecule has 2 heterocycles. The van der Waals surface area contributed by atoms with E-state index in [-0.39, 0.29) is 12.0 Å². The molecule has 1 aromatic carbocycles. The molecule has 0 saturated carbocycles. The van der Waals surface area contributed by atoms with Gasteiger partial charge in [0.05, 0.1) is 28.7 Å². The average Bonchev–Trinajstić information content (AvgIpc) is 2.95. The molecule has 0 aliphatic carbocycles. The molecule has 0 atom stereocenters. The maximum atomic E-state index is 12.4. The number of hydrogen-bond acceptors (Lipinski definition) is 8. The molecule has 3 rings (SSSR count). The normalized spacial score (nSPS) is 11.5. The van der Waals surface area contributed by atoms with E-state index in [1.165, 1.54) is 11.6 Å². The number of likely N-dealkylation sites (N-methyl/N-ethyl adjacent to an activating group) is 2. The zero-order valence-corrected chi connectivity index (χ0v) is 26.4. The molecule has 0 unspecified atom stereocenters. The minimum absolute atomic E-state index is 0.155. The number of aromatic nitrogens is 3. The van der Waals surface area contributed by atoms with Crippen LogP contribution in [0.5, 0.6) is 5.88 Å². The Morgan fingerprint density at radius 2 is 1.88 bits per heavy atom. The second-order valence-corrected chi connectivity index (χ2v) is 10.8. The smallest absolute Gasteiger partial charge is 0.247 e. The van der Waals surface area contributed by atoms with Crippen LogP contribution in [0.1, 0.15) is 50.9 Å². The number of anilines is 4. The van der Waals surface area contributed by atoms with Crippen molar-refractivity contribution in [3.63, 3.8) is 0 Å². The molecule has 0 radical (unpaired) electrons. The summed E-state index contributed by atoms with van der Waals surface area (Å²) in [4.78, 5) is 30.5. The first kappa shape index (κ1) is 32.6. The van der Waals surface area contributed by atoms with E-state index < -0.39 is 0 Å². The van der Waals surface area contributed by atoms with E-state index >= 15 is 0 Å². The lowest BCUT2D eigenvalue weighted by atomic mass is 9.94. The Morgan fingerprint density at radius 1 is 1.14 bits per heavy atom. The van der Waals surface area contributed by atoms with E-state index in [0.29, 0.717) is 46.3 Å². The van der Waals surface area contributed by atoms with Crippen LogP contribution in [0, 0.1) is 0 Å². The fourth-order valence-electron chi connectivity index (χ4n) is 4.34. The third-order valence-corrected chi connectivity index (χ3v) is 6.64. The Balaban J connectivity index is 2.10. The fourth-order valence-corrected chi connectivity index (χ4v) is 4.53. The second-order valence-electron chi connectivity index (χ2n) is 10.4. The summed E-state index contributed by atoms with van der Waals surface area (Å²) >= 11 is 6.66. The summed E-state index contributed by atoms with van der Waals surface area (Å²) in [5.41, 5.74) is 4.83. The molecule has 2 N–H and O–H groups in total. The number of allylic oxidation sites excluding steroid dienone is 1. The number of nitrogens with zero attached hydrogens (tertiary/aromatic N) is 5. The Kier molecular flexibility index (Phi) is 11.9. The molecule has 0 bridgehead atoms. The molecule has 3 aromatic rings. The minimum Gasteiger partial charge on any atom is -0.473 e. The first-order valence-corrected chi connectivity index (χ1v) is 14.5. The highest BCUT2D eigenvalue weighted by Gasteiger charge is 2.21. The van der Waals surface area contributed by atoms with Crippen molar-refractivity contribution in [1.82, 2.24) is 19.9 Å². The molecule has 42 heavy (non-hydrogen) atoms. The molecule has 0 saturated heterocycles. The number of nitrogens with one attached hydrogen (secondary N) is 2. The van der Waals surface area contributed by atoms with Gasteiger partial charge in [0.2, 0.25) is 17.7 Å². The van der Waals surface area contributed by atoms with E-state index in [1.807, 2.05) is 65.0 Å². The minimum atomic E-state index is -0.351.